The van der Waals surface area contributed by atoms with E-state index in [2.05, 4.69) is 6.58 Å². The number of nitrogens with zero attached hydrogens (tertiary/aromatic N) is 1. The monoisotopic (exact) mass is 401 g/mol. The maximum atomic E-state index is 13.3. The van der Waals surface area contributed by atoms with Crippen molar-refractivity contribution in [3.05, 3.63) is 53.1 Å². The minimum absolute atomic E-state index is 0.0451. The van der Waals surface area contributed by atoms with Crippen molar-refractivity contribution in [1.82, 2.24) is 0 Å². The molecule has 1 aliphatic heterocycles. The molecule has 3 aliphatic rings. The molecule has 0 fully saturated rings. The smallest absolute Gasteiger partial charge is 0.404 e. The van der Waals surface area contributed by atoms with Crippen molar-refractivity contribution < 1.29 is 15.7 Å². The number of rotatable bonds is 2. The molecular formula is C22H25ClN2O3. The number of carbonyl (C=O) groups is 2. The van der Waals surface area contributed by atoms with Gasteiger partial charge < -0.3 is 15.4 Å². The highest BCUT2D eigenvalue weighted by Crippen LogP contribution is 2.64. The van der Waals surface area contributed by atoms with Crippen molar-refractivity contribution in [2.24, 2.45) is 22.5 Å². The molecule has 6 heteroatoms. The highest BCUT2D eigenvalue weighted by molar-refractivity contribution is 6.30. The van der Waals surface area contributed by atoms with Crippen LogP contribution in [0.3, 0.4) is 0 Å². The summed E-state index contributed by atoms with van der Waals surface area (Å²) < 4.78 is 15.0. The van der Waals surface area contributed by atoms with Gasteiger partial charge in [0, 0.05) is 35.0 Å². The zero-order valence-corrected chi connectivity index (χ0v) is 17.2. The zero-order valence-electron chi connectivity index (χ0n) is 17.5. The first-order valence-electron chi connectivity index (χ1n) is 9.81. The fourth-order valence-electron chi connectivity index (χ4n) is 5.27. The van der Waals surface area contributed by atoms with Gasteiger partial charge in [-0.1, -0.05) is 56.7 Å². The Balaban J connectivity index is 2.17. The molecule has 1 heterocycles. The predicted octanol–water partition coefficient (Wildman–Crippen LogP) is 4.28. The number of benzene rings is 1. The number of amides is 2. The van der Waals surface area contributed by atoms with E-state index in [9.17, 15) is 11.0 Å². The Bertz CT molecular complexity index is 990. The van der Waals surface area contributed by atoms with Crippen LogP contribution in [0.5, 0.6) is 0 Å². The number of allylic oxidation sites excluding steroid dienone is 2. The average molecular weight is 402 g/mol. The van der Waals surface area contributed by atoms with Crippen LogP contribution in [0.4, 0.5) is 10.5 Å². The summed E-state index contributed by atoms with van der Waals surface area (Å²) in [5, 5.41) is 0.518. The first-order valence-corrected chi connectivity index (χ1v) is 9.69. The number of ether oxygens (including phenoxy) is 1. The lowest BCUT2D eigenvalue weighted by Gasteiger charge is -2.48. The van der Waals surface area contributed by atoms with Crippen molar-refractivity contribution in [3.63, 3.8) is 0 Å². The van der Waals surface area contributed by atoms with Gasteiger partial charge in [-0.05, 0) is 22.6 Å². The van der Waals surface area contributed by atoms with Gasteiger partial charge in [0.2, 0.25) is 5.91 Å². The second-order valence-corrected chi connectivity index (χ2v) is 9.07. The summed E-state index contributed by atoms with van der Waals surface area (Å²) in [6, 6.07) is 5.66. The van der Waals surface area contributed by atoms with E-state index in [0.717, 1.165) is 16.8 Å². The molecule has 5 nitrogen and oxygen atoms in total. The van der Waals surface area contributed by atoms with Crippen LogP contribution in [0.25, 0.3) is 0 Å². The number of hydrogen-bond acceptors (Lipinski definition) is 3. The minimum Gasteiger partial charge on any atom is -0.445 e. The van der Waals surface area contributed by atoms with Gasteiger partial charge in [0.05, 0.1) is 7.29 Å². The molecular weight excluding hydrogens is 376 g/mol. The van der Waals surface area contributed by atoms with Crippen LogP contribution in [0.15, 0.2) is 42.0 Å². The van der Waals surface area contributed by atoms with Crippen LogP contribution >= 0.6 is 11.6 Å². The highest BCUT2D eigenvalue weighted by Gasteiger charge is 2.61. The van der Waals surface area contributed by atoms with Crippen LogP contribution < -0.4 is 10.6 Å². The second-order valence-electron chi connectivity index (χ2n) is 8.67. The molecule has 28 heavy (non-hydrogen) atoms. The summed E-state index contributed by atoms with van der Waals surface area (Å²) in [6.07, 6.45) is 0.662. The Kier molecular flexibility index (Phi) is 3.73. The maximum absolute atomic E-state index is 13.3. The fourth-order valence-corrected chi connectivity index (χ4v) is 5.58. The SMILES string of the molecule is [2H][C@]1(OC(N)=O)[C@@H]2C=C(Cl)[C@@](C)(C=C)[C@H]1c1cccc3c1[C@H](C(=O)N3C)C2(C)C. The second kappa shape index (κ2) is 5.86. The number of primary amides is 1. The molecule has 2 N–H and O–H groups in total. The number of likely N-dealkylation sites (N-methyl/N-ethyl adjacent to an activating group) is 1. The normalized spacial score (nSPS) is 38.1. The minimum atomic E-state index is -1.75. The molecule has 0 saturated carbocycles. The third kappa shape index (κ3) is 2.20. The van der Waals surface area contributed by atoms with E-state index in [4.69, 9.17) is 22.1 Å². The van der Waals surface area contributed by atoms with E-state index >= 15 is 0 Å². The van der Waals surface area contributed by atoms with Gasteiger partial charge in [-0.25, -0.2) is 4.79 Å². The molecule has 148 valence electrons. The summed E-state index contributed by atoms with van der Waals surface area (Å²) >= 11 is 6.77. The van der Waals surface area contributed by atoms with Crippen LogP contribution in [0.1, 0.15) is 45.1 Å². The number of hydrogen-bond donors (Lipinski definition) is 1. The molecule has 0 saturated heterocycles. The predicted molar refractivity (Wildman–Crippen MR) is 109 cm³/mol. The maximum Gasteiger partial charge on any atom is 0.404 e. The van der Waals surface area contributed by atoms with E-state index < -0.39 is 40.8 Å². The topological polar surface area (TPSA) is 72.6 Å². The van der Waals surface area contributed by atoms with E-state index in [1.165, 1.54) is 0 Å². The molecule has 2 aliphatic carbocycles. The first kappa shape index (κ1) is 17.8. The molecule has 0 unspecified atom stereocenters. The highest BCUT2D eigenvalue weighted by atomic mass is 35.5. The molecule has 4 rings (SSSR count). The molecule has 0 spiro atoms. The number of carbonyl (C=O) groups excluding carboxylic acids is 2. The summed E-state index contributed by atoms with van der Waals surface area (Å²) in [4.78, 5) is 26.9. The van der Waals surface area contributed by atoms with Crippen molar-refractivity contribution in [3.8, 4) is 0 Å². The van der Waals surface area contributed by atoms with Gasteiger partial charge in [-0.3, -0.25) is 4.79 Å². The van der Waals surface area contributed by atoms with Crippen molar-refractivity contribution in [2.45, 2.75) is 38.7 Å². The van der Waals surface area contributed by atoms with Crippen molar-refractivity contribution >= 4 is 29.3 Å². The zero-order chi connectivity index (χ0) is 21.5. The number of halogens is 1. The van der Waals surface area contributed by atoms with Crippen molar-refractivity contribution in [1.29, 1.82) is 0 Å². The fraction of sp³-hybridized carbons (Fsp3) is 0.455. The van der Waals surface area contributed by atoms with Gasteiger partial charge in [0.25, 0.3) is 0 Å². The molecule has 0 radical (unpaired) electrons. The molecule has 1 aromatic carbocycles. The first-order chi connectivity index (χ1) is 13.4. The van der Waals surface area contributed by atoms with Crippen LogP contribution in [0.2, 0.25) is 0 Å². The number of nitrogens with two attached hydrogens (primary N) is 1. The molecule has 2 bridgehead atoms. The van der Waals surface area contributed by atoms with Gasteiger partial charge in [0.1, 0.15) is 6.08 Å². The summed E-state index contributed by atoms with van der Waals surface area (Å²) in [6.45, 7) is 9.69. The van der Waals surface area contributed by atoms with Gasteiger partial charge in [-0.15, -0.1) is 6.58 Å². The standard InChI is InChI=1S/C22H25ClN2O3/c1-6-22(4)14(23)10-12-18(28-20(24)27)16(22)11-8-7-9-13-15(11)17(21(12,2)3)19(26)25(13)5/h6-10,12,16-18H,1H2,2-5H3,(H2,24,27)/t12-,16-,17+,18-,22+/m0/s1/i18D. The Morgan fingerprint density at radius 1 is 1.43 bits per heavy atom. The molecule has 1 aromatic rings. The van der Waals surface area contributed by atoms with Crippen LogP contribution in [-0.2, 0) is 9.53 Å². The van der Waals surface area contributed by atoms with E-state index in [1.807, 2.05) is 39.0 Å². The Hall–Kier alpha value is -2.27. The molecule has 5 atom stereocenters. The summed E-state index contributed by atoms with van der Waals surface area (Å²) in [5.74, 6) is -1.88. The number of fused-ring (bicyclic) bond motifs is 3. The Morgan fingerprint density at radius 2 is 2.11 bits per heavy atom. The van der Waals surface area contributed by atoms with Crippen LogP contribution in [-0.4, -0.2) is 25.1 Å². The quantitative estimate of drug-likeness (QED) is 0.751. The van der Waals surface area contributed by atoms with Gasteiger partial charge in [-0.2, -0.15) is 0 Å². The molecule has 0 aromatic heterocycles. The van der Waals surface area contributed by atoms with E-state index in [1.54, 1.807) is 24.1 Å². The number of anilines is 1. The lowest BCUT2D eigenvalue weighted by Crippen LogP contribution is -2.49. The Morgan fingerprint density at radius 3 is 2.71 bits per heavy atom. The van der Waals surface area contributed by atoms with Crippen LogP contribution in [0, 0.1) is 16.7 Å². The summed E-state index contributed by atoms with van der Waals surface area (Å²) in [5.41, 5.74) is 6.24. The van der Waals surface area contributed by atoms with E-state index in [-0.39, 0.29) is 5.91 Å². The van der Waals surface area contributed by atoms with E-state index in [0.29, 0.717) is 5.03 Å². The van der Waals surface area contributed by atoms with Gasteiger partial charge >= 0.3 is 6.09 Å². The third-order valence-corrected chi connectivity index (χ3v) is 7.39. The lowest BCUT2D eigenvalue weighted by atomic mass is 9.60. The summed E-state index contributed by atoms with van der Waals surface area (Å²) in [7, 11) is 1.77. The largest absolute Gasteiger partial charge is 0.445 e. The molecule has 2 amide bonds. The Labute approximate surface area is 171 Å². The lowest BCUT2D eigenvalue weighted by molar-refractivity contribution is -0.122. The van der Waals surface area contributed by atoms with Gasteiger partial charge in [0.15, 0.2) is 0 Å². The van der Waals surface area contributed by atoms with Crippen molar-refractivity contribution in [2.75, 3.05) is 11.9 Å². The third-order valence-electron chi connectivity index (χ3n) is 6.86. The average Bonchev–Trinajstić information content (AvgIpc) is 2.87.